The van der Waals surface area contributed by atoms with Crippen LogP contribution in [0.1, 0.15) is 6.04 Å². The van der Waals surface area contributed by atoms with Crippen molar-refractivity contribution in [2.45, 2.75) is 6.04 Å². The van der Waals surface area contributed by atoms with E-state index >= 15 is 0 Å². The van der Waals surface area contributed by atoms with Crippen molar-refractivity contribution in [2.75, 3.05) is 11.5 Å². The number of hydrogen-bond donors (Lipinski definition) is 0. The highest BCUT2D eigenvalue weighted by Gasteiger charge is 2.36. The van der Waals surface area contributed by atoms with Crippen LogP contribution in [0.25, 0.3) is 44.9 Å². The van der Waals surface area contributed by atoms with E-state index in [4.69, 9.17) is 4.42 Å². The molecule has 0 bridgehead atoms. The fourth-order valence-corrected chi connectivity index (χ4v) is 5.40. The Morgan fingerprint density at radius 3 is 2.55 bits per heavy atom. The molecule has 1 aromatic carbocycles. The fourth-order valence-electron chi connectivity index (χ4n) is 4.02. The van der Waals surface area contributed by atoms with E-state index in [0.717, 1.165) is 5.56 Å². The van der Waals surface area contributed by atoms with E-state index in [-0.39, 0.29) is 23.4 Å². The Balaban J connectivity index is 1.52. The summed E-state index contributed by atoms with van der Waals surface area (Å²) in [5.74, 6) is 0.311. The molecule has 0 spiro atoms. The third-order valence-electron chi connectivity index (χ3n) is 5.69. The topological polar surface area (TPSA) is 109 Å². The summed E-state index contributed by atoms with van der Waals surface area (Å²) >= 11 is 0. The van der Waals surface area contributed by atoms with E-state index in [1.165, 1.54) is 18.5 Å². The largest absolute Gasteiger partial charge is 0.437 e. The van der Waals surface area contributed by atoms with Crippen molar-refractivity contribution in [1.29, 1.82) is 0 Å². The van der Waals surface area contributed by atoms with Crippen LogP contribution in [0.5, 0.6) is 0 Å². The van der Waals surface area contributed by atoms with Crippen molar-refractivity contribution < 1.29 is 17.2 Å². The zero-order valence-electron chi connectivity index (χ0n) is 17.4. The predicted octanol–water partition coefficient (Wildman–Crippen LogP) is 3.26. The predicted molar refractivity (Wildman–Crippen MR) is 118 cm³/mol. The van der Waals surface area contributed by atoms with Crippen molar-refractivity contribution in [1.82, 2.24) is 29.5 Å². The zero-order valence-corrected chi connectivity index (χ0v) is 18.2. The van der Waals surface area contributed by atoms with E-state index in [1.54, 1.807) is 33.9 Å². The fraction of sp³-hybridized carbons (Fsp3) is 0.182. The molecule has 0 amide bonds. The van der Waals surface area contributed by atoms with E-state index < -0.39 is 9.84 Å². The lowest BCUT2D eigenvalue weighted by atomic mass is 10.0. The SMILES string of the molecule is Cn1cc(-c2cc3c(-c4cn(C5CS(=O)(=O)C5)nc4-c4ccc(F)cc4)ncnc3o2)cn1. The summed E-state index contributed by atoms with van der Waals surface area (Å²) in [6, 6.07) is 7.59. The van der Waals surface area contributed by atoms with Crippen molar-refractivity contribution in [3.05, 3.63) is 61.1 Å². The molecule has 0 aliphatic carbocycles. The van der Waals surface area contributed by atoms with Gasteiger partial charge in [0.05, 0.1) is 40.4 Å². The molecule has 33 heavy (non-hydrogen) atoms. The van der Waals surface area contributed by atoms with Gasteiger partial charge < -0.3 is 4.42 Å². The molecule has 1 aliphatic heterocycles. The van der Waals surface area contributed by atoms with Gasteiger partial charge in [0.2, 0.25) is 5.71 Å². The molecule has 0 N–H and O–H groups in total. The van der Waals surface area contributed by atoms with Gasteiger partial charge in [-0.3, -0.25) is 9.36 Å². The molecule has 1 saturated heterocycles. The van der Waals surface area contributed by atoms with Crippen LogP contribution in [-0.4, -0.2) is 49.5 Å². The first-order valence-electron chi connectivity index (χ1n) is 10.2. The monoisotopic (exact) mass is 464 g/mol. The minimum Gasteiger partial charge on any atom is -0.437 e. The van der Waals surface area contributed by atoms with E-state index in [9.17, 15) is 12.8 Å². The third-order valence-corrected chi connectivity index (χ3v) is 7.48. The normalized spacial score (nSPS) is 15.7. The summed E-state index contributed by atoms with van der Waals surface area (Å²) in [5, 5.41) is 9.54. The molecule has 0 saturated carbocycles. The average Bonchev–Trinajstić information content (AvgIpc) is 3.49. The highest BCUT2D eigenvalue weighted by molar-refractivity contribution is 7.92. The second kappa shape index (κ2) is 7.07. The summed E-state index contributed by atoms with van der Waals surface area (Å²) in [6.07, 6.45) is 6.73. The Morgan fingerprint density at radius 1 is 1.06 bits per heavy atom. The standard InChI is InChI=1S/C22H17FN6O3S/c1-28-8-14(7-26-28)19-6-17-21(24-12-25-22(17)32-19)18-9-29(16-10-33(30,31)11-16)27-20(18)13-2-4-15(23)5-3-13/h2-9,12,16H,10-11H2,1H3. The highest BCUT2D eigenvalue weighted by atomic mass is 32.2. The van der Waals surface area contributed by atoms with Crippen LogP contribution in [0, 0.1) is 5.82 Å². The van der Waals surface area contributed by atoms with E-state index in [0.29, 0.717) is 39.4 Å². The van der Waals surface area contributed by atoms with Gasteiger partial charge in [0.25, 0.3) is 0 Å². The molecule has 0 atom stereocenters. The third kappa shape index (κ3) is 3.41. The number of nitrogens with zero attached hydrogens (tertiary/aromatic N) is 6. The van der Waals surface area contributed by atoms with Crippen LogP contribution in [0.2, 0.25) is 0 Å². The molecule has 5 heterocycles. The van der Waals surface area contributed by atoms with Crippen molar-refractivity contribution in [2.24, 2.45) is 7.05 Å². The minimum absolute atomic E-state index is 0.0347. The number of aromatic nitrogens is 6. The van der Waals surface area contributed by atoms with E-state index in [2.05, 4.69) is 20.2 Å². The van der Waals surface area contributed by atoms with Crippen LogP contribution in [-0.2, 0) is 16.9 Å². The van der Waals surface area contributed by atoms with Crippen molar-refractivity contribution >= 4 is 20.9 Å². The second-order valence-corrected chi connectivity index (χ2v) is 10.2. The van der Waals surface area contributed by atoms with Crippen LogP contribution in [0.15, 0.2) is 59.7 Å². The maximum absolute atomic E-state index is 13.6. The molecule has 1 fully saturated rings. The molecule has 1 aliphatic rings. The molecule has 9 nitrogen and oxygen atoms in total. The lowest BCUT2D eigenvalue weighted by Gasteiger charge is -2.25. The first-order valence-corrected chi connectivity index (χ1v) is 12.0. The molecular weight excluding hydrogens is 447 g/mol. The van der Waals surface area contributed by atoms with Crippen LogP contribution in [0.3, 0.4) is 0 Å². The Hall–Kier alpha value is -3.86. The van der Waals surface area contributed by atoms with Gasteiger partial charge in [0.15, 0.2) is 9.84 Å². The van der Waals surface area contributed by atoms with Gasteiger partial charge >= 0.3 is 0 Å². The molecule has 11 heteroatoms. The number of aryl methyl sites for hydroxylation is 1. The zero-order chi connectivity index (χ0) is 22.7. The molecule has 0 unspecified atom stereocenters. The van der Waals surface area contributed by atoms with Gasteiger partial charge in [-0.15, -0.1) is 0 Å². The highest BCUT2D eigenvalue weighted by Crippen LogP contribution is 2.38. The number of hydrogen-bond acceptors (Lipinski definition) is 7. The first-order chi connectivity index (χ1) is 15.9. The van der Waals surface area contributed by atoms with E-state index in [1.807, 2.05) is 19.3 Å². The average molecular weight is 464 g/mol. The lowest BCUT2D eigenvalue weighted by molar-refractivity contribution is 0.474. The number of benzene rings is 1. The molecule has 0 radical (unpaired) electrons. The van der Waals surface area contributed by atoms with Gasteiger partial charge in [0, 0.05) is 30.6 Å². The smallest absolute Gasteiger partial charge is 0.230 e. The summed E-state index contributed by atoms with van der Waals surface area (Å²) in [5.41, 5.74) is 3.74. The van der Waals surface area contributed by atoms with Gasteiger partial charge in [-0.05, 0) is 30.3 Å². The lowest BCUT2D eigenvalue weighted by Crippen LogP contribution is -2.38. The molecule has 6 rings (SSSR count). The maximum Gasteiger partial charge on any atom is 0.230 e. The Labute approximate surface area is 187 Å². The molecule has 166 valence electrons. The Bertz CT molecular complexity index is 1610. The van der Waals surface area contributed by atoms with Gasteiger partial charge in [-0.2, -0.15) is 10.2 Å². The van der Waals surface area contributed by atoms with Crippen LogP contribution in [0.4, 0.5) is 4.39 Å². The maximum atomic E-state index is 13.6. The van der Waals surface area contributed by atoms with Crippen molar-refractivity contribution in [3.8, 4) is 33.8 Å². The number of furan rings is 1. The summed E-state index contributed by atoms with van der Waals surface area (Å²) < 4.78 is 46.3. The Kier molecular flexibility index (Phi) is 4.24. The summed E-state index contributed by atoms with van der Waals surface area (Å²) in [7, 11) is -1.22. The number of sulfone groups is 1. The van der Waals surface area contributed by atoms with Crippen molar-refractivity contribution in [3.63, 3.8) is 0 Å². The minimum atomic E-state index is -3.04. The summed E-state index contributed by atoms with van der Waals surface area (Å²) in [4.78, 5) is 8.76. The number of halogens is 1. The van der Waals surface area contributed by atoms with Gasteiger partial charge in [-0.1, -0.05) is 0 Å². The second-order valence-electron chi connectivity index (χ2n) is 8.06. The van der Waals surface area contributed by atoms with Gasteiger partial charge in [-0.25, -0.2) is 22.8 Å². The summed E-state index contributed by atoms with van der Waals surface area (Å²) in [6.45, 7) is 0. The molecule has 5 aromatic rings. The quantitative estimate of drug-likeness (QED) is 0.402. The molecular formula is C22H17FN6O3S. The number of fused-ring (bicyclic) bond motifs is 1. The Morgan fingerprint density at radius 2 is 1.85 bits per heavy atom. The van der Waals surface area contributed by atoms with Crippen LogP contribution >= 0.6 is 0 Å². The number of rotatable bonds is 4. The molecule has 4 aromatic heterocycles. The van der Waals surface area contributed by atoms with Gasteiger partial charge in [0.1, 0.15) is 23.6 Å². The first kappa shape index (κ1) is 19.8. The van der Waals surface area contributed by atoms with Crippen LogP contribution < -0.4 is 0 Å².